The number of hydrogen-bond acceptors (Lipinski definition) is 3. The SMILES string of the molecule is CCCCOCCC(CO)NCC. The van der Waals surface area contributed by atoms with E-state index in [-0.39, 0.29) is 12.6 Å². The minimum absolute atomic E-state index is 0.199. The van der Waals surface area contributed by atoms with Gasteiger partial charge < -0.3 is 15.2 Å². The molecule has 2 N–H and O–H groups in total. The van der Waals surface area contributed by atoms with Crippen LogP contribution >= 0.6 is 0 Å². The number of hydrogen-bond donors (Lipinski definition) is 2. The number of rotatable bonds is 9. The number of aliphatic hydroxyl groups excluding tert-OH is 1. The first-order valence-corrected chi connectivity index (χ1v) is 5.27. The lowest BCUT2D eigenvalue weighted by atomic mass is 10.2. The van der Waals surface area contributed by atoms with Gasteiger partial charge in [-0.25, -0.2) is 0 Å². The van der Waals surface area contributed by atoms with Gasteiger partial charge in [0.05, 0.1) is 6.61 Å². The molecular weight excluding hydrogens is 166 g/mol. The van der Waals surface area contributed by atoms with Gasteiger partial charge >= 0.3 is 0 Å². The van der Waals surface area contributed by atoms with E-state index in [1.54, 1.807) is 0 Å². The van der Waals surface area contributed by atoms with E-state index in [1.807, 2.05) is 6.92 Å². The molecule has 0 aromatic heterocycles. The van der Waals surface area contributed by atoms with Crippen LogP contribution in [-0.2, 0) is 4.74 Å². The molecule has 0 radical (unpaired) electrons. The number of likely N-dealkylation sites (N-methyl/N-ethyl adjacent to an activating group) is 1. The highest BCUT2D eigenvalue weighted by Gasteiger charge is 2.03. The van der Waals surface area contributed by atoms with Crippen LogP contribution in [-0.4, -0.2) is 37.5 Å². The topological polar surface area (TPSA) is 41.5 Å². The Hall–Kier alpha value is -0.120. The first-order chi connectivity index (χ1) is 6.35. The third-order valence-corrected chi connectivity index (χ3v) is 1.97. The number of nitrogens with one attached hydrogen (secondary N) is 1. The van der Waals surface area contributed by atoms with E-state index in [0.717, 1.165) is 32.6 Å². The lowest BCUT2D eigenvalue weighted by Crippen LogP contribution is -2.33. The minimum Gasteiger partial charge on any atom is -0.395 e. The predicted molar refractivity (Wildman–Crippen MR) is 54.9 cm³/mol. The zero-order valence-corrected chi connectivity index (χ0v) is 8.88. The summed E-state index contributed by atoms with van der Waals surface area (Å²) in [4.78, 5) is 0. The van der Waals surface area contributed by atoms with Crippen LogP contribution in [0.25, 0.3) is 0 Å². The Bertz CT molecular complexity index is 98.9. The second-order valence-electron chi connectivity index (χ2n) is 3.19. The van der Waals surface area contributed by atoms with Crippen LogP contribution < -0.4 is 5.32 Å². The summed E-state index contributed by atoms with van der Waals surface area (Å²) in [5.41, 5.74) is 0. The van der Waals surface area contributed by atoms with Gasteiger partial charge in [0.2, 0.25) is 0 Å². The maximum Gasteiger partial charge on any atom is 0.0585 e. The third kappa shape index (κ3) is 8.22. The first-order valence-electron chi connectivity index (χ1n) is 5.27. The van der Waals surface area contributed by atoms with Crippen molar-refractivity contribution < 1.29 is 9.84 Å². The quantitative estimate of drug-likeness (QED) is 0.535. The van der Waals surface area contributed by atoms with E-state index >= 15 is 0 Å². The van der Waals surface area contributed by atoms with E-state index in [0.29, 0.717) is 0 Å². The summed E-state index contributed by atoms with van der Waals surface area (Å²) in [5.74, 6) is 0. The average molecular weight is 189 g/mol. The molecule has 0 rings (SSSR count). The number of aliphatic hydroxyl groups is 1. The van der Waals surface area contributed by atoms with E-state index < -0.39 is 0 Å². The van der Waals surface area contributed by atoms with Crippen LogP contribution in [0.3, 0.4) is 0 Å². The van der Waals surface area contributed by atoms with E-state index in [4.69, 9.17) is 9.84 Å². The van der Waals surface area contributed by atoms with E-state index in [9.17, 15) is 0 Å². The molecule has 3 nitrogen and oxygen atoms in total. The second kappa shape index (κ2) is 9.96. The molecule has 0 saturated carbocycles. The van der Waals surface area contributed by atoms with Crippen molar-refractivity contribution in [1.82, 2.24) is 5.32 Å². The van der Waals surface area contributed by atoms with Gasteiger partial charge in [-0.1, -0.05) is 20.3 Å². The minimum atomic E-state index is 0.199. The molecule has 0 aliphatic heterocycles. The van der Waals surface area contributed by atoms with Crippen LogP contribution in [0.2, 0.25) is 0 Å². The Kier molecular flexibility index (Phi) is 9.87. The molecule has 0 bridgehead atoms. The van der Waals surface area contributed by atoms with Crippen LogP contribution in [0.1, 0.15) is 33.1 Å². The second-order valence-corrected chi connectivity index (χ2v) is 3.19. The summed E-state index contributed by atoms with van der Waals surface area (Å²) < 4.78 is 5.40. The molecule has 1 atom stereocenters. The number of unbranched alkanes of at least 4 members (excludes halogenated alkanes) is 1. The molecule has 13 heavy (non-hydrogen) atoms. The van der Waals surface area contributed by atoms with Gasteiger partial charge in [0, 0.05) is 19.3 Å². The molecule has 0 fully saturated rings. The third-order valence-electron chi connectivity index (χ3n) is 1.97. The average Bonchev–Trinajstić information content (AvgIpc) is 2.16. The molecule has 0 aliphatic carbocycles. The van der Waals surface area contributed by atoms with Gasteiger partial charge in [-0.2, -0.15) is 0 Å². The highest BCUT2D eigenvalue weighted by atomic mass is 16.5. The van der Waals surface area contributed by atoms with Crippen molar-refractivity contribution in [2.24, 2.45) is 0 Å². The van der Waals surface area contributed by atoms with Crippen LogP contribution in [0.15, 0.2) is 0 Å². The summed E-state index contributed by atoms with van der Waals surface area (Å²) in [5, 5.41) is 12.1. The van der Waals surface area contributed by atoms with Gasteiger partial charge in [0.15, 0.2) is 0 Å². The highest BCUT2D eigenvalue weighted by Crippen LogP contribution is 1.94. The van der Waals surface area contributed by atoms with Crippen LogP contribution in [0, 0.1) is 0 Å². The van der Waals surface area contributed by atoms with Crippen molar-refractivity contribution in [2.75, 3.05) is 26.4 Å². The lowest BCUT2D eigenvalue weighted by molar-refractivity contribution is 0.112. The summed E-state index contributed by atoms with van der Waals surface area (Å²) in [7, 11) is 0. The first kappa shape index (κ1) is 12.9. The molecule has 0 saturated heterocycles. The van der Waals surface area contributed by atoms with E-state index in [1.165, 1.54) is 6.42 Å². The van der Waals surface area contributed by atoms with Crippen molar-refractivity contribution in [2.45, 2.75) is 39.2 Å². The zero-order chi connectivity index (χ0) is 9.94. The maximum absolute atomic E-state index is 8.94. The van der Waals surface area contributed by atoms with Gasteiger partial charge in [-0.15, -0.1) is 0 Å². The van der Waals surface area contributed by atoms with Crippen molar-refractivity contribution in [3.05, 3.63) is 0 Å². The fourth-order valence-electron chi connectivity index (χ4n) is 1.12. The Morgan fingerprint density at radius 1 is 1.31 bits per heavy atom. The summed E-state index contributed by atoms with van der Waals surface area (Å²) >= 11 is 0. The predicted octanol–water partition coefficient (Wildman–Crippen LogP) is 1.16. The molecule has 0 amide bonds. The maximum atomic E-state index is 8.94. The Balaban J connectivity index is 3.17. The molecule has 0 aliphatic rings. The lowest BCUT2D eigenvalue weighted by Gasteiger charge is -2.14. The molecule has 0 heterocycles. The summed E-state index contributed by atoms with van der Waals surface area (Å²) in [6.45, 7) is 6.89. The highest BCUT2D eigenvalue weighted by molar-refractivity contribution is 4.63. The Labute approximate surface area is 81.5 Å². The molecule has 0 aromatic rings. The van der Waals surface area contributed by atoms with Crippen molar-refractivity contribution >= 4 is 0 Å². The normalized spacial score (nSPS) is 13.2. The Morgan fingerprint density at radius 3 is 2.62 bits per heavy atom. The fourth-order valence-corrected chi connectivity index (χ4v) is 1.12. The molecule has 1 unspecified atom stereocenters. The number of ether oxygens (including phenoxy) is 1. The van der Waals surface area contributed by atoms with Gasteiger partial charge in [0.1, 0.15) is 0 Å². The van der Waals surface area contributed by atoms with Crippen molar-refractivity contribution in [3.63, 3.8) is 0 Å². The molecule has 0 aromatic carbocycles. The molecule has 80 valence electrons. The zero-order valence-electron chi connectivity index (χ0n) is 8.88. The van der Waals surface area contributed by atoms with Crippen molar-refractivity contribution in [1.29, 1.82) is 0 Å². The van der Waals surface area contributed by atoms with Gasteiger partial charge in [-0.05, 0) is 19.4 Å². The molecule has 3 heteroatoms. The van der Waals surface area contributed by atoms with Gasteiger partial charge in [0.25, 0.3) is 0 Å². The monoisotopic (exact) mass is 189 g/mol. The van der Waals surface area contributed by atoms with Gasteiger partial charge in [-0.3, -0.25) is 0 Å². The van der Waals surface area contributed by atoms with Crippen molar-refractivity contribution in [3.8, 4) is 0 Å². The molecule has 0 spiro atoms. The largest absolute Gasteiger partial charge is 0.395 e. The standard InChI is InChI=1S/C10H23NO2/c1-3-5-7-13-8-6-10(9-12)11-4-2/h10-12H,3-9H2,1-2H3. The van der Waals surface area contributed by atoms with E-state index in [2.05, 4.69) is 12.2 Å². The summed E-state index contributed by atoms with van der Waals surface area (Å²) in [6, 6.07) is 0.201. The molecular formula is C10H23NO2. The smallest absolute Gasteiger partial charge is 0.0585 e. The summed E-state index contributed by atoms with van der Waals surface area (Å²) in [6.07, 6.45) is 3.20. The van der Waals surface area contributed by atoms with Crippen LogP contribution in [0.4, 0.5) is 0 Å². The van der Waals surface area contributed by atoms with Crippen LogP contribution in [0.5, 0.6) is 0 Å². The Morgan fingerprint density at radius 2 is 2.08 bits per heavy atom. The fraction of sp³-hybridized carbons (Fsp3) is 1.00.